The van der Waals surface area contributed by atoms with Crippen molar-refractivity contribution in [2.24, 2.45) is 0 Å². The molecule has 3 aromatic rings. The van der Waals surface area contributed by atoms with Gasteiger partial charge in [-0.1, -0.05) is 29.8 Å². The first kappa shape index (κ1) is 13.1. The maximum absolute atomic E-state index is 10.8. The number of fused-ring (bicyclic) bond motifs is 1. The minimum absolute atomic E-state index is 0.825. The van der Waals surface area contributed by atoms with E-state index >= 15 is 0 Å². The molecular formula is C17H14N2O2. The Kier molecular flexibility index (Phi) is 3.28. The molecule has 0 amide bonds. The van der Waals surface area contributed by atoms with Gasteiger partial charge in [0.25, 0.3) is 0 Å². The predicted molar refractivity (Wildman–Crippen MR) is 82.5 cm³/mol. The zero-order valence-electron chi connectivity index (χ0n) is 11.5. The highest BCUT2D eigenvalue weighted by atomic mass is 16.4. The maximum Gasteiger partial charge on any atom is 0.328 e. The summed E-state index contributed by atoms with van der Waals surface area (Å²) in [7, 11) is 0. The minimum Gasteiger partial charge on any atom is -0.478 e. The van der Waals surface area contributed by atoms with E-state index < -0.39 is 5.97 Å². The van der Waals surface area contributed by atoms with Crippen molar-refractivity contribution in [1.29, 1.82) is 0 Å². The first-order chi connectivity index (χ1) is 10.1. The molecule has 0 spiro atoms. The van der Waals surface area contributed by atoms with E-state index in [1.54, 1.807) is 12.3 Å². The maximum atomic E-state index is 10.8. The third kappa shape index (κ3) is 2.56. The lowest BCUT2D eigenvalue weighted by Gasteiger charge is -2.09. The summed E-state index contributed by atoms with van der Waals surface area (Å²) in [5.41, 5.74) is 3.75. The Hall–Kier alpha value is -2.88. The number of rotatable bonds is 3. The van der Waals surface area contributed by atoms with Gasteiger partial charge in [-0.05, 0) is 31.2 Å². The first-order valence-corrected chi connectivity index (χ1v) is 6.60. The number of aryl methyl sites for hydroxylation is 1. The van der Waals surface area contributed by atoms with Crippen LogP contribution in [0.3, 0.4) is 0 Å². The van der Waals surface area contributed by atoms with Crippen LogP contribution in [0.4, 0.5) is 0 Å². The number of benzene rings is 2. The topological polar surface area (TPSA) is 55.1 Å². The molecule has 1 N–H and O–H groups in total. The molecule has 21 heavy (non-hydrogen) atoms. The van der Waals surface area contributed by atoms with Crippen molar-refractivity contribution in [2.75, 3.05) is 0 Å². The number of carbonyl (C=O) groups is 1. The van der Waals surface area contributed by atoms with Crippen LogP contribution in [0.15, 0.2) is 54.7 Å². The van der Waals surface area contributed by atoms with Gasteiger partial charge in [0.1, 0.15) is 0 Å². The van der Waals surface area contributed by atoms with Gasteiger partial charge in [0.2, 0.25) is 0 Å². The van der Waals surface area contributed by atoms with Crippen LogP contribution in [0, 0.1) is 6.92 Å². The average molecular weight is 278 g/mol. The lowest BCUT2D eigenvalue weighted by molar-refractivity contribution is -0.131. The average Bonchev–Trinajstić information content (AvgIpc) is 2.89. The molecule has 0 saturated carbocycles. The lowest BCUT2D eigenvalue weighted by atomic mass is 10.1. The summed E-state index contributed by atoms with van der Waals surface area (Å²) in [5.74, 6) is -0.965. The highest BCUT2D eigenvalue weighted by molar-refractivity contribution is 5.87. The summed E-state index contributed by atoms with van der Waals surface area (Å²) in [6.45, 7) is 1.98. The number of aromatic nitrogens is 2. The first-order valence-electron chi connectivity index (χ1n) is 6.60. The van der Waals surface area contributed by atoms with Crippen LogP contribution >= 0.6 is 0 Å². The summed E-state index contributed by atoms with van der Waals surface area (Å²) in [5, 5.41) is 14.3. The van der Waals surface area contributed by atoms with Gasteiger partial charge in [-0.3, -0.25) is 0 Å². The van der Waals surface area contributed by atoms with Crippen molar-refractivity contribution >= 4 is 22.9 Å². The molecule has 1 heterocycles. The van der Waals surface area contributed by atoms with Crippen LogP contribution in [-0.2, 0) is 4.79 Å². The third-order valence-corrected chi connectivity index (χ3v) is 3.29. The molecule has 0 bridgehead atoms. The number of hydrogen-bond acceptors (Lipinski definition) is 2. The molecule has 3 rings (SSSR count). The molecule has 0 fully saturated rings. The smallest absolute Gasteiger partial charge is 0.328 e. The van der Waals surface area contributed by atoms with Gasteiger partial charge in [-0.25, -0.2) is 9.48 Å². The number of para-hydroxylation sites is 1. The summed E-state index contributed by atoms with van der Waals surface area (Å²) < 4.78 is 1.83. The van der Waals surface area contributed by atoms with Crippen molar-refractivity contribution in [2.45, 2.75) is 6.92 Å². The van der Waals surface area contributed by atoms with E-state index in [0.29, 0.717) is 0 Å². The van der Waals surface area contributed by atoms with Crippen molar-refractivity contribution < 1.29 is 9.90 Å². The Morgan fingerprint density at radius 1 is 1.24 bits per heavy atom. The summed E-state index contributed by atoms with van der Waals surface area (Å²) in [6, 6.07) is 13.8. The van der Waals surface area contributed by atoms with E-state index in [1.165, 1.54) is 0 Å². The van der Waals surface area contributed by atoms with Crippen LogP contribution in [0.2, 0.25) is 0 Å². The predicted octanol–water partition coefficient (Wildman–Crippen LogP) is 3.43. The van der Waals surface area contributed by atoms with E-state index in [1.807, 2.05) is 54.1 Å². The van der Waals surface area contributed by atoms with E-state index in [4.69, 9.17) is 5.11 Å². The second kappa shape index (κ2) is 5.25. The van der Waals surface area contributed by atoms with Crippen molar-refractivity contribution in [1.82, 2.24) is 9.78 Å². The number of carboxylic acids is 1. The molecule has 0 aliphatic rings. The van der Waals surface area contributed by atoms with Gasteiger partial charge < -0.3 is 5.11 Å². The minimum atomic E-state index is -0.965. The molecule has 0 aliphatic heterocycles. The molecular weight excluding hydrogens is 264 g/mol. The van der Waals surface area contributed by atoms with Crippen molar-refractivity contribution in [3.8, 4) is 5.69 Å². The molecule has 0 aliphatic carbocycles. The van der Waals surface area contributed by atoms with Crippen LogP contribution in [-0.4, -0.2) is 20.9 Å². The summed E-state index contributed by atoms with van der Waals surface area (Å²) in [4.78, 5) is 10.8. The normalized spacial score (nSPS) is 11.3. The van der Waals surface area contributed by atoms with Gasteiger partial charge in [0, 0.05) is 17.0 Å². The van der Waals surface area contributed by atoms with Crippen LogP contribution in [0.5, 0.6) is 0 Å². The molecule has 2 aromatic carbocycles. The quantitative estimate of drug-likeness (QED) is 0.747. The van der Waals surface area contributed by atoms with Gasteiger partial charge in [-0.2, -0.15) is 5.10 Å². The van der Waals surface area contributed by atoms with Gasteiger partial charge in [-0.15, -0.1) is 0 Å². The molecule has 104 valence electrons. The number of aliphatic carboxylic acids is 1. The highest BCUT2D eigenvalue weighted by Gasteiger charge is 2.08. The monoisotopic (exact) mass is 278 g/mol. The van der Waals surface area contributed by atoms with E-state index in [2.05, 4.69) is 5.10 Å². The van der Waals surface area contributed by atoms with E-state index in [-0.39, 0.29) is 0 Å². The fourth-order valence-electron chi connectivity index (χ4n) is 2.33. The Labute approximate surface area is 122 Å². The number of carboxylic acid groups (broad SMARTS) is 1. The standard InChI is InChI=1S/C17H14N2O2/c1-12-6-8-16(13(10-12)7-9-17(20)21)19-15-5-3-2-4-14(15)11-18-19/h2-11H,1H3,(H,20,21)/b9-7+. The second-order valence-electron chi connectivity index (χ2n) is 4.85. The fourth-order valence-corrected chi connectivity index (χ4v) is 2.33. The molecule has 0 radical (unpaired) electrons. The number of nitrogens with zero attached hydrogens (tertiary/aromatic N) is 2. The Balaban J connectivity index is 2.20. The summed E-state index contributed by atoms with van der Waals surface area (Å²) in [6.07, 6.45) is 4.55. The second-order valence-corrected chi connectivity index (χ2v) is 4.85. The molecule has 4 heteroatoms. The van der Waals surface area contributed by atoms with Crippen LogP contribution < -0.4 is 0 Å². The zero-order chi connectivity index (χ0) is 14.8. The Morgan fingerprint density at radius 2 is 2.05 bits per heavy atom. The zero-order valence-corrected chi connectivity index (χ0v) is 11.5. The van der Waals surface area contributed by atoms with Gasteiger partial charge in [0.05, 0.1) is 17.4 Å². The number of hydrogen-bond donors (Lipinski definition) is 1. The highest BCUT2D eigenvalue weighted by Crippen LogP contribution is 2.22. The van der Waals surface area contributed by atoms with Gasteiger partial charge >= 0.3 is 5.97 Å². The molecule has 4 nitrogen and oxygen atoms in total. The van der Waals surface area contributed by atoms with E-state index in [0.717, 1.165) is 33.8 Å². The van der Waals surface area contributed by atoms with Crippen molar-refractivity contribution in [3.05, 3.63) is 65.9 Å². The van der Waals surface area contributed by atoms with Crippen LogP contribution in [0.25, 0.3) is 22.7 Å². The molecule has 1 aromatic heterocycles. The summed E-state index contributed by atoms with van der Waals surface area (Å²) >= 11 is 0. The van der Waals surface area contributed by atoms with Crippen molar-refractivity contribution in [3.63, 3.8) is 0 Å². The molecule has 0 saturated heterocycles. The Bertz CT molecular complexity index is 847. The fraction of sp³-hybridized carbons (Fsp3) is 0.0588. The van der Waals surface area contributed by atoms with Gasteiger partial charge in [0.15, 0.2) is 0 Å². The molecule has 0 atom stereocenters. The lowest BCUT2D eigenvalue weighted by Crippen LogP contribution is -1.99. The Morgan fingerprint density at radius 3 is 2.86 bits per heavy atom. The molecule has 0 unspecified atom stereocenters. The largest absolute Gasteiger partial charge is 0.478 e. The van der Waals surface area contributed by atoms with E-state index in [9.17, 15) is 4.79 Å². The SMILES string of the molecule is Cc1ccc(-n2ncc3ccccc32)c(/C=C/C(=O)O)c1. The third-order valence-electron chi connectivity index (χ3n) is 3.29. The van der Waals surface area contributed by atoms with Crippen LogP contribution in [0.1, 0.15) is 11.1 Å².